The lowest BCUT2D eigenvalue weighted by Crippen LogP contribution is -2.41. The molecule has 2 rings (SSSR count). The molecule has 1 aliphatic heterocycles. The van der Waals surface area contributed by atoms with Crippen LogP contribution < -0.4 is 5.32 Å². The van der Waals surface area contributed by atoms with Crippen LogP contribution in [0.15, 0.2) is 0 Å². The molecule has 0 atom stereocenters. The summed E-state index contributed by atoms with van der Waals surface area (Å²) in [6, 6.07) is 0. The van der Waals surface area contributed by atoms with E-state index in [1.54, 1.807) is 0 Å². The van der Waals surface area contributed by atoms with Crippen LogP contribution in [0.2, 0.25) is 0 Å². The SMILES string of the molecule is O=C1CCC2(CCCC2)CN1. The minimum atomic E-state index is 0.252. The Labute approximate surface area is 67.4 Å². The molecule has 1 N–H and O–H groups in total. The van der Waals surface area contributed by atoms with Crippen molar-refractivity contribution in [2.45, 2.75) is 38.5 Å². The summed E-state index contributed by atoms with van der Waals surface area (Å²) < 4.78 is 0. The van der Waals surface area contributed by atoms with Crippen LogP contribution in [0.4, 0.5) is 0 Å². The highest BCUT2D eigenvalue weighted by molar-refractivity contribution is 5.76. The first kappa shape index (κ1) is 7.14. The van der Waals surface area contributed by atoms with Crippen molar-refractivity contribution < 1.29 is 4.79 Å². The van der Waals surface area contributed by atoms with Crippen molar-refractivity contribution in [1.82, 2.24) is 5.32 Å². The molecule has 1 saturated carbocycles. The summed E-state index contributed by atoms with van der Waals surface area (Å²) in [6.07, 6.45) is 7.32. The first-order chi connectivity index (χ1) is 5.31. The summed E-state index contributed by atoms with van der Waals surface area (Å²) in [4.78, 5) is 10.9. The molecule has 0 unspecified atom stereocenters. The smallest absolute Gasteiger partial charge is 0.220 e. The quantitative estimate of drug-likeness (QED) is 0.561. The van der Waals surface area contributed by atoms with Crippen LogP contribution in [0.5, 0.6) is 0 Å². The number of hydrogen-bond acceptors (Lipinski definition) is 1. The maximum absolute atomic E-state index is 10.9. The fourth-order valence-electron chi connectivity index (χ4n) is 2.39. The molecule has 1 heterocycles. The van der Waals surface area contributed by atoms with Crippen LogP contribution in [-0.2, 0) is 4.79 Å². The summed E-state index contributed by atoms with van der Waals surface area (Å²) in [6.45, 7) is 0.950. The van der Waals surface area contributed by atoms with Gasteiger partial charge in [-0.05, 0) is 24.7 Å². The Morgan fingerprint density at radius 1 is 1.18 bits per heavy atom. The van der Waals surface area contributed by atoms with E-state index in [1.165, 1.54) is 25.7 Å². The maximum atomic E-state index is 10.9. The molecule has 1 spiro atoms. The van der Waals surface area contributed by atoms with Gasteiger partial charge in [0.1, 0.15) is 0 Å². The van der Waals surface area contributed by atoms with Gasteiger partial charge in [-0.2, -0.15) is 0 Å². The van der Waals surface area contributed by atoms with Crippen LogP contribution in [-0.4, -0.2) is 12.5 Å². The lowest BCUT2D eigenvalue weighted by atomic mass is 9.79. The number of piperidine rings is 1. The molecule has 2 heteroatoms. The van der Waals surface area contributed by atoms with Gasteiger partial charge in [-0.15, -0.1) is 0 Å². The third kappa shape index (κ3) is 1.26. The van der Waals surface area contributed by atoms with Crippen LogP contribution in [0.1, 0.15) is 38.5 Å². The van der Waals surface area contributed by atoms with Crippen molar-refractivity contribution in [2.24, 2.45) is 5.41 Å². The molecule has 0 radical (unpaired) electrons. The highest BCUT2D eigenvalue weighted by Gasteiger charge is 2.36. The lowest BCUT2D eigenvalue weighted by molar-refractivity contribution is -0.124. The largest absolute Gasteiger partial charge is 0.356 e. The van der Waals surface area contributed by atoms with E-state index in [0.717, 1.165) is 19.4 Å². The second-order valence-electron chi connectivity index (χ2n) is 3.98. The highest BCUT2D eigenvalue weighted by atomic mass is 16.1. The number of nitrogens with one attached hydrogen (secondary N) is 1. The Morgan fingerprint density at radius 3 is 2.45 bits per heavy atom. The molecule has 2 nitrogen and oxygen atoms in total. The summed E-state index contributed by atoms with van der Waals surface area (Å²) >= 11 is 0. The van der Waals surface area contributed by atoms with E-state index in [9.17, 15) is 4.79 Å². The molecule has 0 bridgehead atoms. The van der Waals surface area contributed by atoms with Crippen LogP contribution in [0.25, 0.3) is 0 Å². The minimum absolute atomic E-state index is 0.252. The van der Waals surface area contributed by atoms with Gasteiger partial charge in [0, 0.05) is 13.0 Å². The third-order valence-electron chi connectivity index (χ3n) is 3.21. The molecule has 0 aromatic carbocycles. The molecule has 62 valence electrons. The molecule has 1 amide bonds. The predicted octanol–water partition coefficient (Wildman–Crippen LogP) is 1.46. The van der Waals surface area contributed by atoms with Crippen molar-refractivity contribution in [3.8, 4) is 0 Å². The van der Waals surface area contributed by atoms with Crippen molar-refractivity contribution in [2.75, 3.05) is 6.54 Å². The zero-order valence-corrected chi connectivity index (χ0v) is 6.86. The summed E-state index contributed by atoms with van der Waals surface area (Å²) in [5.74, 6) is 0.252. The zero-order chi connectivity index (χ0) is 7.73. The fourth-order valence-corrected chi connectivity index (χ4v) is 2.39. The molecule has 2 fully saturated rings. The van der Waals surface area contributed by atoms with Crippen LogP contribution in [0.3, 0.4) is 0 Å². The summed E-state index contributed by atoms with van der Waals surface area (Å²) in [5.41, 5.74) is 0.522. The topological polar surface area (TPSA) is 29.1 Å². The van der Waals surface area contributed by atoms with E-state index >= 15 is 0 Å². The van der Waals surface area contributed by atoms with Gasteiger partial charge in [0.15, 0.2) is 0 Å². The summed E-state index contributed by atoms with van der Waals surface area (Å²) in [7, 11) is 0. The standard InChI is InChI=1S/C9H15NO/c11-8-3-6-9(7-10-8)4-1-2-5-9/h1-7H2,(H,10,11). The average molecular weight is 153 g/mol. The predicted molar refractivity (Wildman–Crippen MR) is 43.1 cm³/mol. The van der Waals surface area contributed by atoms with Crippen molar-refractivity contribution >= 4 is 5.91 Å². The first-order valence-corrected chi connectivity index (χ1v) is 4.58. The van der Waals surface area contributed by atoms with Crippen molar-refractivity contribution in [3.05, 3.63) is 0 Å². The Balaban J connectivity index is 1.99. The van der Waals surface area contributed by atoms with Gasteiger partial charge in [-0.3, -0.25) is 4.79 Å². The monoisotopic (exact) mass is 153 g/mol. The number of rotatable bonds is 0. The second-order valence-corrected chi connectivity index (χ2v) is 3.98. The molecule has 11 heavy (non-hydrogen) atoms. The maximum Gasteiger partial charge on any atom is 0.220 e. The van der Waals surface area contributed by atoms with E-state index in [1.807, 2.05) is 0 Å². The van der Waals surface area contributed by atoms with Crippen LogP contribution in [0, 0.1) is 5.41 Å². The fraction of sp³-hybridized carbons (Fsp3) is 0.889. The van der Waals surface area contributed by atoms with Gasteiger partial charge in [-0.25, -0.2) is 0 Å². The van der Waals surface area contributed by atoms with Gasteiger partial charge in [0.25, 0.3) is 0 Å². The van der Waals surface area contributed by atoms with Crippen LogP contribution >= 0.6 is 0 Å². The van der Waals surface area contributed by atoms with E-state index in [0.29, 0.717) is 5.41 Å². The van der Waals surface area contributed by atoms with Gasteiger partial charge in [-0.1, -0.05) is 12.8 Å². The normalized spacial score (nSPS) is 28.9. The van der Waals surface area contributed by atoms with Crippen molar-refractivity contribution in [3.63, 3.8) is 0 Å². The molecule has 0 aromatic heterocycles. The van der Waals surface area contributed by atoms with Gasteiger partial charge in [0.05, 0.1) is 0 Å². The molecular weight excluding hydrogens is 138 g/mol. The molecule has 2 aliphatic rings. The van der Waals surface area contributed by atoms with E-state index in [-0.39, 0.29) is 5.91 Å². The van der Waals surface area contributed by atoms with Gasteiger partial charge < -0.3 is 5.32 Å². The number of carbonyl (C=O) groups excluding carboxylic acids is 1. The molecular formula is C9H15NO. The molecule has 0 aromatic rings. The zero-order valence-electron chi connectivity index (χ0n) is 6.86. The first-order valence-electron chi connectivity index (χ1n) is 4.58. The molecule has 1 aliphatic carbocycles. The second kappa shape index (κ2) is 2.50. The van der Waals surface area contributed by atoms with E-state index in [4.69, 9.17) is 0 Å². The Morgan fingerprint density at radius 2 is 1.91 bits per heavy atom. The molecule has 1 saturated heterocycles. The Bertz CT molecular complexity index is 158. The van der Waals surface area contributed by atoms with E-state index < -0.39 is 0 Å². The Kier molecular flexibility index (Phi) is 1.63. The van der Waals surface area contributed by atoms with Gasteiger partial charge >= 0.3 is 0 Å². The average Bonchev–Trinajstić information content (AvgIpc) is 2.45. The number of amides is 1. The van der Waals surface area contributed by atoms with Crippen molar-refractivity contribution in [1.29, 1.82) is 0 Å². The number of carbonyl (C=O) groups is 1. The third-order valence-corrected chi connectivity index (χ3v) is 3.21. The minimum Gasteiger partial charge on any atom is -0.356 e. The highest BCUT2D eigenvalue weighted by Crippen LogP contribution is 2.42. The number of hydrogen-bond donors (Lipinski definition) is 1. The van der Waals surface area contributed by atoms with Gasteiger partial charge in [0.2, 0.25) is 5.91 Å². The lowest BCUT2D eigenvalue weighted by Gasteiger charge is -2.33. The van der Waals surface area contributed by atoms with E-state index in [2.05, 4.69) is 5.32 Å². The summed E-state index contributed by atoms with van der Waals surface area (Å²) in [5, 5.41) is 2.98. The Hall–Kier alpha value is -0.530.